The fraction of sp³-hybridized carbons (Fsp3) is 0.727. The molecule has 0 radical (unpaired) electrons. The van der Waals surface area contributed by atoms with E-state index in [2.05, 4.69) is 39.0 Å². The zero-order valence-corrected chi connectivity index (χ0v) is 11.0. The van der Waals surface area contributed by atoms with Gasteiger partial charge in [0.05, 0.1) is 0 Å². The molecule has 1 aromatic rings. The topological polar surface area (TPSA) is 53.9 Å². The summed E-state index contributed by atoms with van der Waals surface area (Å²) in [5, 5.41) is 3.47. The molecule has 1 aromatic heterocycles. The standard InChI is InChI=1S/C11H18ClN5/c1-3-17(4-2)11-15-9(12)14-10(16-11)13-7-8-5-6-8/h8H,3-7H2,1-2H3,(H,13,14,15,16). The van der Waals surface area contributed by atoms with Crippen LogP contribution < -0.4 is 10.2 Å². The molecular weight excluding hydrogens is 238 g/mol. The third kappa shape index (κ3) is 3.43. The van der Waals surface area contributed by atoms with E-state index in [9.17, 15) is 0 Å². The van der Waals surface area contributed by atoms with Crippen molar-refractivity contribution in [1.82, 2.24) is 15.0 Å². The normalized spacial score (nSPS) is 14.8. The molecule has 1 heterocycles. The maximum atomic E-state index is 5.91. The highest BCUT2D eigenvalue weighted by atomic mass is 35.5. The van der Waals surface area contributed by atoms with Gasteiger partial charge in [0, 0.05) is 19.6 Å². The first kappa shape index (κ1) is 12.4. The second-order valence-electron chi connectivity index (χ2n) is 4.22. The molecule has 1 saturated carbocycles. The molecule has 0 spiro atoms. The van der Waals surface area contributed by atoms with Crippen LogP contribution >= 0.6 is 11.6 Å². The van der Waals surface area contributed by atoms with E-state index in [0.717, 1.165) is 25.6 Å². The van der Waals surface area contributed by atoms with Crippen molar-refractivity contribution >= 4 is 23.5 Å². The lowest BCUT2D eigenvalue weighted by atomic mass is 10.4. The second kappa shape index (κ2) is 5.49. The van der Waals surface area contributed by atoms with Crippen LogP contribution in [0.25, 0.3) is 0 Å². The summed E-state index contributed by atoms with van der Waals surface area (Å²) in [5.74, 6) is 2.01. The number of hydrogen-bond acceptors (Lipinski definition) is 5. The van der Waals surface area contributed by atoms with Crippen molar-refractivity contribution in [3.63, 3.8) is 0 Å². The Hall–Kier alpha value is -1.10. The van der Waals surface area contributed by atoms with Gasteiger partial charge in [0.1, 0.15) is 0 Å². The van der Waals surface area contributed by atoms with Crippen LogP contribution in [0.4, 0.5) is 11.9 Å². The van der Waals surface area contributed by atoms with Gasteiger partial charge in [-0.3, -0.25) is 0 Å². The molecule has 5 nitrogen and oxygen atoms in total. The van der Waals surface area contributed by atoms with E-state index in [1.165, 1.54) is 12.8 Å². The Morgan fingerprint density at radius 3 is 2.53 bits per heavy atom. The molecule has 0 saturated heterocycles. The number of aromatic nitrogens is 3. The lowest BCUT2D eigenvalue weighted by Gasteiger charge is -2.18. The van der Waals surface area contributed by atoms with Crippen LogP contribution in [0.15, 0.2) is 0 Å². The minimum atomic E-state index is 0.250. The number of nitrogens with one attached hydrogen (secondary N) is 1. The summed E-state index contributed by atoms with van der Waals surface area (Å²) in [5.41, 5.74) is 0. The molecule has 94 valence electrons. The van der Waals surface area contributed by atoms with Gasteiger partial charge in [-0.2, -0.15) is 15.0 Å². The van der Waals surface area contributed by atoms with Gasteiger partial charge in [0.2, 0.25) is 17.2 Å². The molecule has 0 unspecified atom stereocenters. The average Bonchev–Trinajstić information content (AvgIpc) is 3.11. The lowest BCUT2D eigenvalue weighted by Crippen LogP contribution is -2.25. The van der Waals surface area contributed by atoms with Gasteiger partial charge < -0.3 is 10.2 Å². The number of halogens is 1. The highest BCUT2D eigenvalue weighted by Crippen LogP contribution is 2.28. The Balaban J connectivity index is 2.09. The maximum Gasteiger partial charge on any atom is 0.231 e. The van der Waals surface area contributed by atoms with E-state index in [4.69, 9.17) is 11.6 Å². The van der Waals surface area contributed by atoms with Crippen LogP contribution in [0, 0.1) is 5.92 Å². The fourth-order valence-corrected chi connectivity index (χ4v) is 1.78. The number of rotatable bonds is 6. The number of nitrogens with zero attached hydrogens (tertiary/aromatic N) is 4. The lowest BCUT2D eigenvalue weighted by molar-refractivity contribution is 0.805. The predicted molar refractivity (Wildman–Crippen MR) is 69.6 cm³/mol. The summed E-state index contributed by atoms with van der Waals surface area (Å²) in [4.78, 5) is 14.7. The smallest absolute Gasteiger partial charge is 0.231 e. The molecule has 0 bridgehead atoms. The molecular formula is C11H18ClN5. The maximum absolute atomic E-state index is 5.91. The Kier molecular flexibility index (Phi) is 3.99. The first-order chi connectivity index (χ1) is 8.22. The average molecular weight is 256 g/mol. The van der Waals surface area contributed by atoms with Crippen LogP contribution in [-0.2, 0) is 0 Å². The fourth-order valence-electron chi connectivity index (χ4n) is 1.62. The number of anilines is 2. The van der Waals surface area contributed by atoms with Crippen LogP contribution in [0.5, 0.6) is 0 Å². The number of hydrogen-bond donors (Lipinski definition) is 1. The monoisotopic (exact) mass is 255 g/mol. The third-order valence-electron chi connectivity index (χ3n) is 2.89. The summed E-state index contributed by atoms with van der Waals surface area (Å²) in [6.07, 6.45) is 2.60. The van der Waals surface area contributed by atoms with Crippen molar-refractivity contribution < 1.29 is 0 Å². The van der Waals surface area contributed by atoms with Crippen molar-refractivity contribution in [2.75, 3.05) is 29.9 Å². The molecule has 0 aliphatic heterocycles. The van der Waals surface area contributed by atoms with Gasteiger partial charge >= 0.3 is 0 Å². The Bertz CT molecular complexity index is 376. The molecule has 0 aromatic carbocycles. The van der Waals surface area contributed by atoms with Crippen LogP contribution in [0.1, 0.15) is 26.7 Å². The minimum absolute atomic E-state index is 0.250. The quantitative estimate of drug-likeness (QED) is 0.845. The van der Waals surface area contributed by atoms with Crippen LogP contribution in [0.2, 0.25) is 5.28 Å². The molecule has 1 fully saturated rings. The van der Waals surface area contributed by atoms with Gasteiger partial charge in [-0.05, 0) is 44.2 Å². The molecule has 1 aliphatic carbocycles. The first-order valence-electron chi connectivity index (χ1n) is 6.13. The molecule has 0 amide bonds. The van der Waals surface area contributed by atoms with Crippen molar-refractivity contribution in [2.24, 2.45) is 5.92 Å². The molecule has 6 heteroatoms. The molecule has 1 N–H and O–H groups in total. The molecule has 0 atom stereocenters. The molecule has 2 rings (SSSR count). The van der Waals surface area contributed by atoms with Gasteiger partial charge in [-0.1, -0.05) is 0 Å². The third-order valence-corrected chi connectivity index (χ3v) is 3.06. The Labute approximate surface area is 107 Å². The van der Waals surface area contributed by atoms with Gasteiger partial charge in [0.25, 0.3) is 0 Å². The molecule has 1 aliphatic rings. The van der Waals surface area contributed by atoms with E-state index in [0.29, 0.717) is 11.9 Å². The predicted octanol–water partition coefficient (Wildman–Crippen LogP) is 2.19. The highest BCUT2D eigenvalue weighted by Gasteiger charge is 2.21. The van der Waals surface area contributed by atoms with Crippen molar-refractivity contribution in [2.45, 2.75) is 26.7 Å². The van der Waals surface area contributed by atoms with Crippen molar-refractivity contribution in [1.29, 1.82) is 0 Å². The van der Waals surface area contributed by atoms with E-state index >= 15 is 0 Å². The van der Waals surface area contributed by atoms with Crippen LogP contribution in [0.3, 0.4) is 0 Å². The van der Waals surface area contributed by atoms with Crippen LogP contribution in [-0.4, -0.2) is 34.6 Å². The highest BCUT2D eigenvalue weighted by molar-refractivity contribution is 6.28. The summed E-state index contributed by atoms with van der Waals surface area (Å²) in [7, 11) is 0. The summed E-state index contributed by atoms with van der Waals surface area (Å²) >= 11 is 5.91. The van der Waals surface area contributed by atoms with Gasteiger partial charge in [-0.25, -0.2) is 0 Å². The first-order valence-corrected chi connectivity index (χ1v) is 6.51. The second-order valence-corrected chi connectivity index (χ2v) is 4.56. The summed E-state index contributed by atoms with van der Waals surface area (Å²) in [6, 6.07) is 0. The van der Waals surface area contributed by atoms with E-state index in [1.807, 2.05) is 0 Å². The largest absolute Gasteiger partial charge is 0.354 e. The van der Waals surface area contributed by atoms with Crippen molar-refractivity contribution in [3.8, 4) is 0 Å². The zero-order chi connectivity index (χ0) is 12.3. The summed E-state index contributed by atoms with van der Waals surface area (Å²) < 4.78 is 0. The SMILES string of the molecule is CCN(CC)c1nc(Cl)nc(NCC2CC2)n1. The van der Waals surface area contributed by atoms with Gasteiger partial charge in [-0.15, -0.1) is 0 Å². The van der Waals surface area contributed by atoms with E-state index < -0.39 is 0 Å². The molecule has 17 heavy (non-hydrogen) atoms. The zero-order valence-electron chi connectivity index (χ0n) is 10.3. The van der Waals surface area contributed by atoms with Crippen molar-refractivity contribution in [3.05, 3.63) is 5.28 Å². The summed E-state index contributed by atoms with van der Waals surface area (Å²) in [6.45, 7) is 6.78. The Morgan fingerprint density at radius 2 is 1.94 bits per heavy atom. The van der Waals surface area contributed by atoms with E-state index in [1.54, 1.807) is 0 Å². The van der Waals surface area contributed by atoms with Gasteiger partial charge in [0.15, 0.2) is 0 Å². The minimum Gasteiger partial charge on any atom is -0.354 e. The Morgan fingerprint density at radius 1 is 1.24 bits per heavy atom. The van der Waals surface area contributed by atoms with E-state index in [-0.39, 0.29) is 5.28 Å².